The molecule has 2 aromatic carbocycles. The average Bonchev–Trinajstić information content (AvgIpc) is 2.80. The van der Waals surface area contributed by atoms with Crippen molar-refractivity contribution in [1.29, 1.82) is 0 Å². The molecule has 0 unspecified atom stereocenters. The second-order valence-electron chi connectivity index (χ2n) is 6.77. The molecular formula is C23H23N5O3. The van der Waals surface area contributed by atoms with E-state index >= 15 is 0 Å². The van der Waals surface area contributed by atoms with E-state index in [0.29, 0.717) is 34.8 Å². The Kier molecular flexibility index (Phi) is 5.70. The molecule has 2 N–H and O–H groups in total. The molecule has 0 saturated carbocycles. The van der Waals surface area contributed by atoms with E-state index in [-0.39, 0.29) is 0 Å². The van der Waals surface area contributed by atoms with Gasteiger partial charge in [0.25, 0.3) is 0 Å². The van der Waals surface area contributed by atoms with E-state index in [9.17, 15) is 0 Å². The first-order valence-corrected chi connectivity index (χ1v) is 9.64. The predicted molar refractivity (Wildman–Crippen MR) is 121 cm³/mol. The predicted octanol–water partition coefficient (Wildman–Crippen LogP) is 4.85. The SMILES string of the molecule is COc1cc(Nc2nc(Nc3nccc4ccccc34)ncc2C)cc(OC)c1OC. The Morgan fingerprint density at radius 3 is 2.26 bits per heavy atom. The van der Waals surface area contributed by atoms with Crippen molar-refractivity contribution in [3.63, 3.8) is 0 Å². The molecule has 8 heteroatoms. The molecule has 0 amide bonds. The third-order valence-electron chi connectivity index (χ3n) is 4.80. The quantitative estimate of drug-likeness (QED) is 0.441. The molecule has 0 atom stereocenters. The number of nitrogens with zero attached hydrogens (tertiary/aromatic N) is 3. The number of pyridine rings is 1. The zero-order chi connectivity index (χ0) is 21.8. The second kappa shape index (κ2) is 8.74. The van der Waals surface area contributed by atoms with Crippen LogP contribution in [0.1, 0.15) is 5.56 Å². The van der Waals surface area contributed by atoms with Gasteiger partial charge >= 0.3 is 0 Å². The van der Waals surface area contributed by atoms with E-state index in [1.807, 2.05) is 49.4 Å². The lowest BCUT2D eigenvalue weighted by atomic mass is 10.1. The van der Waals surface area contributed by atoms with Crippen molar-refractivity contribution in [1.82, 2.24) is 15.0 Å². The summed E-state index contributed by atoms with van der Waals surface area (Å²) in [6, 6.07) is 13.6. The number of ether oxygens (including phenoxy) is 3. The van der Waals surface area contributed by atoms with Crippen LogP contribution in [0.3, 0.4) is 0 Å². The Morgan fingerprint density at radius 2 is 1.55 bits per heavy atom. The van der Waals surface area contributed by atoms with Crippen molar-refractivity contribution < 1.29 is 14.2 Å². The molecule has 4 aromatic rings. The lowest BCUT2D eigenvalue weighted by molar-refractivity contribution is 0.324. The summed E-state index contributed by atoms with van der Waals surface area (Å²) < 4.78 is 16.3. The molecule has 0 bridgehead atoms. The van der Waals surface area contributed by atoms with Gasteiger partial charge in [0.05, 0.1) is 21.3 Å². The molecule has 0 fully saturated rings. The van der Waals surface area contributed by atoms with Gasteiger partial charge in [-0.25, -0.2) is 9.97 Å². The number of methoxy groups -OCH3 is 3. The van der Waals surface area contributed by atoms with Crippen LogP contribution in [0.15, 0.2) is 54.9 Å². The Bertz CT molecular complexity index is 1200. The standard InChI is InChI=1S/C23H23N5O3/c1-14-13-25-23(28-22-17-8-6-5-7-15(17)9-10-24-22)27-21(14)26-16-11-18(29-2)20(31-4)19(12-16)30-3/h5-13H,1-4H3,(H2,24,25,26,27,28). The molecule has 8 nitrogen and oxygen atoms in total. The van der Waals surface area contributed by atoms with Gasteiger partial charge in [0.1, 0.15) is 11.6 Å². The summed E-state index contributed by atoms with van der Waals surface area (Å²) in [7, 11) is 4.73. The minimum Gasteiger partial charge on any atom is -0.493 e. The minimum atomic E-state index is 0.435. The summed E-state index contributed by atoms with van der Waals surface area (Å²) in [5.41, 5.74) is 1.62. The summed E-state index contributed by atoms with van der Waals surface area (Å²) in [6.45, 7) is 1.93. The maximum atomic E-state index is 5.43. The van der Waals surface area contributed by atoms with Gasteiger partial charge in [-0.3, -0.25) is 0 Å². The molecule has 31 heavy (non-hydrogen) atoms. The number of aromatic nitrogens is 3. The number of aryl methyl sites for hydroxylation is 1. The summed E-state index contributed by atoms with van der Waals surface area (Å²) in [5.74, 6) is 3.40. The smallest absolute Gasteiger partial charge is 0.230 e. The number of fused-ring (bicyclic) bond motifs is 1. The first kappa shape index (κ1) is 20.2. The molecule has 0 radical (unpaired) electrons. The molecule has 4 rings (SSSR count). The largest absolute Gasteiger partial charge is 0.493 e. The first-order chi connectivity index (χ1) is 15.1. The molecule has 0 aliphatic carbocycles. The van der Waals surface area contributed by atoms with Crippen LogP contribution in [0.2, 0.25) is 0 Å². The lowest BCUT2D eigenvalue weighted by Gasteiger charge is -2.16. The van der Waals surface area contributed by atoms with E-state index in [4.69, 9.17) is 14.2 Å². The summed E-state index contributed by atoms with van der Waals surface area (Å²) in [5, 5.41) is 8.61. The zero-order valence-corrected chi connectivity index (χ0v) is 17.8. The number of hydrogen-bond donors (Lipinski definition) is 2. The van der Waals surface area contributed by atoms with Crippen molar-refractivity contribution in [2.45, 2.75) is 6.92 Å². The third kappa shape index (κ3) is 4.13. The zero-order valence-electron chi connectivity index (χ0n) is 17.8. The van der Waals surface area contributed by atoms with Crippen molar-refractivity contribution in [3.05, 3.63) is 60.4 Å². The van der Waals surface area contributed by atoms with Crippen LogP contribution in [-0.4, -0.2) is 36.3 Å². The summed E-state index contributed by atoms with van der Waals surface area (Å²) in [4.78, 5) is 13.5. The van der Waals surface area contributed by atoms with Gasteiger partial charge in [-0.05, 0) is 18.4 Å². The Morgan fingerprint density at radius 1 is 0.806 bits per heavy atom. The maximum absolute atomic E-state index is 5.43. The third-order valence-corrected chi connectivity index (χ3v) is 4.80. The highest BCUT2D eigenvalue weighted by Gasteiger charge is 2.15. The van der Waals surface area contributed by atoms with Crippen molar-refractivity contribution >= 4 is 34.0 Å². The molecule has 0 spiro atoms. The monoisotopic (exact) mass is 417 g/mol. The molecule has 2 heterocycles. The first-order valence-electron chi connectivity index (χ1n) is 9.64. The highest BCUT2D eigenvalue weighted by atomic mass is 16.5. The lowest BCUT2D eigenvalue weighted by Crippen LogP contribution is -2.04. The van der Waals surface area contributed by atoms with Gasteiger partial charge in [-0.1, -0.05) is 24.3 Å². The van der Waals surface area contributed by atoms with E-state index in [1.54, 1.807) is 33.7 Å². The van der Waals surface area contributed by atoms with Gasteiger partial charge in [0.15, 0.2) is 11.5 Å². The number of rotatable bonds is 7. The van der Waals surface area contributed by atoms with Gasteiger partial charge in [0, 0.05) is 41.2 Å². The Labute approximate surface area is 180 Å². The van der Waals surface area contributed by atoms with Crippen LogP contribution in [0, 0.1) is 6.92 Å². The van der Waals surface area contributed by atoms with Gasteiger partial charge in [-0.15, -0.1) is 0 Å². The van der Waals surface area contributed by atoms with E-state index < -0.39 is 0 Å². The fraction of sp³-hybridized carbons (Fsp3) is 0.174. The fourth-order valence-electron chi connectivity index (χ4n) is 3.24. The summed E-state index contributed by atoms with van der Waals surface area (Å²) >= 11 is 0. The fourth-order valence-corrected chi connectivity index (χ4v) is 3.24. The number of benzene rings is 2. The maximum Gasteiger partial charge on any atom is 0.230 e. The molecular weight excluding hydrogens is 394 g/mol. The molecule has 0 aliphatic heterocycles. The van der Waals surface area contributed by atoms with Gasteiger partial charge in [-0.2, -0.15) is 4.98 Å². The van der Waals surface area contributed by atoms with Crippen LogP contribution in [0.25, 0.3) is 10.8 Å². The van der Waals surface area contributed by atoms with Crippen LogP contribution >= 0.6 is 0 Å². The molecule has 0 saturated heterocycles. The topological polar surface area (TPSA) is 90.4 Å². The average molecular weight is 417 g/mol. The Hall–Kier alpha value is -4.07. The van der Waals surface area contributed by atoms with E-state index in [0.717, 1.165) is 22.0 Å². The van der Waals surface area contributed by atoms with Gasteiger partial charge in [0.2, 0.25) is 11.7 Å². The van der Waals surface area contributed by atoms with Crippen molar-refractivity contribution in [3.8, 4) is 17.2 Å². The molecule has 0 aliphatic rings. The second-order valence-corrected chi connectivity index (χ2v) is 6.77. The highest BCUT2D eigenvalue weighted by molar-refractivity contribution is 5.92. The number of anilines is 4. The van der Waals surface area contributed by atoms with Crippen LogP contribution in [0.4, 0.5) is 23.3 Å². The van der Waals surface area contributed by atoms with E-state index in [1.165, 1.54) is 0 Å². The van der Waals surface area contributed by atoms with Crippen LogP contribution < -0.4 is 24.8 Å². The van der Waals surface area contributed by atoms with E-state index in [2.05, 4.69) is 25.6 Å². The highest BCUT2D eigenvalue weighted by Crippen LogP contribution is 2.40. The summed E-state index contributed by atoms with van der Waals surface area (Å²) in [6.07, 6.45) is 3.51. The van der Waals surface area contributed by atoms with Crippen LogP contribution in [-0.2, 0) is 0 Å². The molecule has 2 aromatic heterocycles. The number of nitrogens with one attached hydrogen (secondary N) is 2. The van der Waals surface area contributed by atoms with Crippen molar-refractivity contribution in [2.24, 2.45) is 0 Å². The minimum absolute atomic E-state index is 0.435. The Balaban J connectivity index is 1.66. The van der Waals surface area contributed by atoms with Crippen molar-refractivity contribution in [2.75, 3.05) is 32.0 Å². The molecule has 158 valence electrons. The number of hydrogen-bond acceptors (Lipinski definition) is 8. The van der Waals surface area contributed by atoms with Gasteiger partial charge < -0.3 is 24.8 Å². The normalized spacial score (nSPS) is 10.6. The van der Waals surface area contributed by atoms with Crippen LogP contribution in [0.5, 0.6) is 17.2 Å².